The van der Waals surface area contributed by atoms with Crippen molar-refractivity contribution < 1.29 is 9.63 Å². The Hall–Kier alpha value is -2.02. The number of rotatable bonds is 6. The fraction of sp³-hybridized carbons (Fsp3) is 0.200. The van der Waals surface area contributed by atoms with Gasteiger partial charge >= 0.3 is 0 Å². The van der Waals surface area contributed by atoms with E-state index in [1.807, 2.05) is 47.2 Å². The second-order valence-corrected chi connectivity index (χ2v) is 5.36. The largest absolute Gasteiger partial charge is 0.387 e. The van der Waals surface area contributed by atoms with Gasteiger partial charge in [0.05, 0.1) is 12.6 Å². The maximum Gasteiger partial charge on any atom is 0.240 e. The Morgan fingerprint density at radius 1 is 1.24 bits per heavy atom. The summed E-state index contributed by atoms with van der Waals surface area (Å²) in [5.41, 5.74) is 1.84. The van der Waals surface area contributed by atoms with Crippen LogP contribution in [-0.4, -0.2) is 21.8 Å². The Morgan fingerprint density at radius 2 is 2.10 bits per heavy atom. The minimum absolute atomic E-state index is 0.431. The van der Waals surface area contributed by atoms with Crippen molar-refractivity contribution in [3.05, 3.63) is 58.6 Å². The molecule has 108 valence electrons. The fourth-order valence-corrected chi connectivity index (χ4v) is 2.58. The highest BCUT2D eigenvalue weighted by Crippen LogP contribution is 2.18. The van der Waals surface area contributed by atoms with Gasteiger partial charge in [-0.1, -0.05) is 35.5 Å². The summed E-state index contributed by atoms with van der Waals surface area (Å²) in [6.07, 6.45) is -0.550. The first-order valence-corrected chi connectivity index (χ1v) is 7.56. The standard InChI is InChI=1S/C15H15N3O2S/c19-13(11-4-2-1-3-5-11)8-16-9-14-17-15(18-20-14)12-6-7-21-10-12/h1-7,10,13,16,19H,8-9H2/t13-/m0/s1. The van der Waals surface area contributed by atoms with Gasteiger partial charge in [-0.15, -0.1) is 0 Å². The van der Waals surface area contributed by atoms with Crippen LogP contribution < -0.4 is 5.32 Å². The molecule has 0 radical (unpaired) electrons. The molecular weight excluding hydrogens is 286 g/mol. The van der Waals surface area contributed by atoms with E-state index in [2.05, 4.69) is 15.5 Å². The lowest BCUT2D eigenvalue weighted by Gasteiger charge is -2.10. The molecule has 0 aliphatic carbocycles. The number of aliphatic hydroxyl groups excluding tert-OH is 1. The normalized spacial score (nSPS) is 12.4. The molecule has 0 aliphatic rings. The quantitative estimate of drug-likeness (QED) is 0.732. The van der Waals surface area contributed by atoms with Crippen molar-refractivity contribution in [3.63, 3.8) is 0 Å². The molecule has 0 saturated carbocycles. The SMILES string of the molecule is O[C@@H](CNCc1nc(-c2ccsc2)no1)c1ccccc1. The van der Waals surface area contributed by atoms with E-state index in [1.54, 1.807) is 11.3 Å². The summed E-state index contributed by atoms with van der Waals surface area (Å²) in [6, 6.07) is 11.5. The molecule has 2 N–H and O–H groups in total. The van der Waals surface area contributed by atoms with E-state index in [9.17, 15) is 5.11 Å². The van der Waals surface area contributed by atoms with Crippen molar-refractivity contribution in [1.29, 1.82) is 0 Å². The van der Waals surface area contributed by atoms with Gasteiger partial charge in [0, 0.05) is 17.5 Å². The van der Waals surface area contributed by atoms with E-state index in [-0.39, 0.29) is 0 Å². The first kappa shape index (κ1) is 13.9. The van der Waals surface area contributed by atoms with Crippen LogP contribution in [0.15, 0.2) is 51.7 Å². The monoisotopic (exact) mass is 301 g/mol. The molecule has 2 heterocycles. The number of aliphatic hydroxyl groups is 1. The number of thiophene rings is 1. The molecule has 3 rings (SSSR count). The number of benzene rings is 1. The second kappa shape index (κ2) is 6.62. The van der Waals surface area contributed by atoms with Gasteiger partial charge in [0.15, 0.2) is 0 Å². The molecule has 3 aromatic rings. The topological polar surface area (TPSA) is 71.2 Å². The van der Waals surface area contributed by atoms with Gasteiger partial charge < -0.3 is 14.9 Å². The van der Waals surface area contributed by atoms with E-state index < -0.39 is 6.10 Å². The summed E-state index contributed by atoms with van der Waals surface area (Å²) < 4.78 is 5.18. The molecule has 1 aromatic carbocycles. The third-order valence-electron chi connectivity index (χ3n) is 3.05. The molecule has 6 heteroatoms. The third-order valence-corrected chi connectivity index (χ3v) is 3.73. The number of hydrogen-bond acceptors (Lipinski definition) is 6. The highest BCUT2D eigenvalue weighted by molar-refractivity contribution is 7.08. The van der Waals surface area contributed by atoms with Crippen LogP contribution >= 0.6 is 11.3 Å². The average molecular weight is 301 g/mol. The number of nitrogens with one attached hydrogen (secondary N) is 1. The summed E-state index contributed by atoms with van der Waals surface area (Å²) in [4.78, 5) is 4.31. The van der Waals surface area contributed by atoms with Gasteiger partial charge in [0.2, 0.25) is 11.7 Å². The first-order valence-electron chi connectivity index (χ1n) is 6.62. The Bertz CT molecular complexity index is 667. The van der Waals surface area contributed by atoms with Crippen LogP contribution in [-0.2, 0) is 6.54 Å². The Labute approximate surface area is 126 Å². The summed E-state index contributed by atoms with van der Waals surface area (Å²) in [5.74, 6) is 1.10. The van der Waals surface area contributed by atoms with Crippen LogP contribution in [0.3, 0.4) is 0 Å². The highest BCUT2D eigenvalue weighted by Gasteiger charge is 2.10. The summed E-state index contributed by atoms with van der Waals surface area (Å²) in [7, 11) is 0. The summed E-state index contributed by atoms with van der Waals surface area (Å²) >= 11 is 1.59. The van der Waals surface area contributed by atoms with Crippen LogP contribution in [0, 0.1) is 0 Å². The lowest BCUT2D eigenvalue weighted by Crippen LogP contribution is -2.21. The van der Waals surface area contributed by atoms with Crippen molar-refractivity contribution in [2.24, 2.45) is 0 Å². The molecule has 0 spiro atoms. The number of hydrogen-bond donors (Lipinski definition) is 2. The van der Waals surface area contributed by atoms with Gasteiger partial charge in [-0.25, -0.2) is 0 Å². The average Bonchev–Trinajstić information content (AvgIpc) is 3.19. The van der Waals surface area contributed by atoms with E-state index in [4.69, 9.17) is 4.52 Å². The van der Waals surface area contributed by atoms with Gasteiger partial charge in [-0.3, -0.25) is 0 Å². The van der Waals surface area contributed by atoms with E-state index in [0.29, 0.717) is 24.8 Å². The van der Waals surface area contributed by atoms with Crippen LogP contribution in [0.1, 0.15) is 17.6 Å². The summed E-state index contributed by atoms with van der Waals surface area (Å²) in [6.45, 7) is 0.862. The zero-order valence-electron chi connectivity index (χ0n) is 11.3. The molecule has 0 fully saturated rings. The number of aromatic nitrogens is 2. The number of nitrogens with zero attached hydrogens (tertiary/aromatic N) is 2. The molecule has 0 aliphatic heterocycles. The summed E-state index contributed by atoms with van der Waals surface area (Å²) in [5, 5.41) is 21.0. The van der Waals surface area contributed by atoms with Crippen molar-refractivity contribution in [1.82, 2.24) is 15.5 Å². The van der Waals surface area contributed by atoms with E-state index >= 15 is 0 Å². The smallest absolute Gasteiger partial charge is 0.240 e. The Balaban J connectivity index is 1.52. The van der Waals surface area contributed by atoms with Crippen LogP contribution in [0.5, 0.6) is 0 Å². The highest BCUT2D eigenvalue weighted by atomic mass is 32.1. The Morgan fingerprint density at radius 3 is 2.86 bits per heavy atom. The molecule has 0 amide bonds. The van der Waals surface area contributed by atoms with Gasteiger partial charge in [-0.2, -0.15) is 16.3 Å². The molecular formula is C15H15N3O2S. The minimum Gasteiger partial charge on any atom is -0.387 e. The van der Waals surface area contributed by atoms with Crippen molar-refractivity contribution >= 4 is 11.3 Å². The lowest BCUT2D eigenvalue weighted by atomic mass is 10.1. The van der Waals surface area contributed by atoms with E-state index in [1.165, 1.54) is 0 Å². The van der Waals surface area contributed by atoms with E-state index in [0.717, 1.165) is 11.1 Å². The van der Waals surface area contributed by atoms with Gasteiger partial charge in [0.25, 0.3) is 0 Å². The third kappa shape index (κ3) is 3.55. The predicted octanol–water partition coefficient (Wildman–Crippen LogP) is 2.62. The fourth-order valence-electron chi connectivity index (χ4n) is 1.94. The predicted molar refractivity (Wildman–Crippen MR) is 80.7 cm³/mol. The molecule has 1 atom stereocenters. The minimum atomic E-state index is -0.550. The van der Waals surface area contributed by atoms with Crippen molar-refractivity contribution in [3.8, 4) is 11.4 Å². The molecule has 21 heavy (non-hydrogen) atoms. The van der Waals surface area contributed by atoms with Crippen molar-refractivity contribution in [2.75, 3.05) is 6.54 Å². The zero-order chi connectivity index (χ0) is 14.5. The molecule has 0 unspecified atom stereocenters. The molecule has 5 nitrogen and oxygen atoms in total. The second-order valence-electron chi connectivity index (χ2n) is 4.58. The molecule has 0 bridgehead atoms. The van der Waals surface area contributed by atoms with Gasteiger partial charge in [-0.05, 0) is 17.0 Å². The lowest BCUT2D eigenvalue weighted by molar-refractivity contribution is 0.172. The zero-order valence-corrected chi connectivity index (χ0v) is 12.1. The van der Waals surface area contributed by atoms with Gasteiger partial charge in [0.1, 0.15) is 0 Å². The Kier molecular flexibility index (Phi) is 4.40. The maximum atomic E-state index is 10.0. The molecule has 2 aromatic heterocycles. The molecule has 0 saturated heterocycles. The van der Waals surface area contributed by atoms with Crippen LogP contribution in [0.2, 0.25) is 0 Å². The first-order chi connectivity index (χ1) is 10.3. The maximum absolute atomic E-state index is 10.0. The van der Waals surface area contributed by atoms with Crippen molar-refractivity contribution in [2.45, 2.75) is 12.6 Å². The van der Waals surface area contributed by atoms with Crippen LogP contribution in [0.4, 0.5) is 0 Å². The van der Waals surface area contributed by atoms with Crippen LogP contribution in [0.25, 0.3) is 11.4 Å².